The van der Waals surface area contributed by atoms with Gasteiger partial charge in [-0.2, -0.15) is 0 Å². The van der Waals surface area contributed by atoms with Crippen molar-refractivity contribution >= 4 is 21.4 Å². The molecule has 136 valence electrons. The van der Waals surface area contributed by atoms with Gasteiger partial charge in [0.1, 0.15) is 5.75 Å². The van der Waals surface area contributed by atoms with Gasteiger partial charge in [-0.1, -0.05) is 53.8 Å². The molecule has 3 aromatic rings. The minimum absolute atomic E-state index is 0.0296. The molecule has 0 aliphatic rings. The van der Waals surface area contributed by atoms with Gasteiger partial charge in [-0.05, 0) is 43.9 Å². The quantitative estimate of drug-likeness (QED) is 0.462. The van der Waals surface area contributed by atoms with E-state index in [-0.39, 0.29) is 10.8 Å². The van der Waals surface area contributed by atoms with Gasteiger partial charge in [0.05, 0.1) is 12.7 Å². The van der Waals surface area contributed by atoms with Crippen molar-refractivity contribution in [2.24, 2.45) is 0 Å². The Morgan fingerprint density at radius 3 is 2.50 bits per heavy atom. The molecule has 0 N–H and O–H groups in total. The van der Waals surface area contributed by atoms with Gasteiger partial charge in [-0.3, -0.25) is 4.79 Å². The maximum atomic E-state index is 11.8. The molecule has 4 heteroatoms. The molecule has 0 amide bonds. The van der Waals surface area contributed by atoms with Crippen LogP contribution in [0.15, 0.2) is 65.5 Å². The molecular formula is C22H24O3S. The molecule has 3 rings (SSSR count). The molecule has 1 atom stereocenters. The van der Waals surface area contributed by atoms with E-state index >= 15 is 0 Å². The zero-order chi connectivity index (χ0) is 18.2. The Hall–Kier alpha value is -2.17. The van der Waals surface area contributed by atoms with Gasteiger partial charge in [0, 0.05) is 22.8 Å². The first-order valence-electron chi connectivity index (χ1n) is 9.06. The Balaban J connectivity index is 1.38. The summed E-state index contributed by atoms with van der Waals surface area (Å²) in [6.07, 6.45) is 3.12. The van der Waals surface area contributed by atoms with Crippen molar-refractivity contribution < 1.29 is 9.47 Å². The first-order valence-corrected chi connectivity index (χ1v) is 9.88. The highest BCUT2D eigenvalue weighted by Crippen LogP contribution is 2.26. The summed E-state index contributed by atoms with van der Waals surface area (Å²) in [6, 6.07) is 19.7. The summed E-state index contributed by atoms with van der Waals surface area (Å²) in [4.78, 5) is 11.8. The van der Waals surface area contributed by atoms with Crippen molar-refractivity contribution in [3.8, 4) is 5.75 Å². The Labute approximate surface area is 158 Å². The van der Waals surface area contributed by atoms with Crippen molar-refractivity contribution in [3.63, 3.8) is 0 Å². The van der Waals surface area contributed by atoms with Crippen LogP contribution in [0.3, 0.4) is 0 Å². The maximum absolute atomic E-state index is 11.8. The van der Waals surface area contributed by atoms with Crippen molar-refractivity contribution in [2.75, 3.05) is 13.2 Å². The average molecular weight is 368 g/mol. The Morgan fingerprint density at radius 2 is 1.65 bits per heavy atom. The van der Waals surface area contributed by atoms with Crippen LogP contribution in [0.5, 0.6) is 5.75 Å². The molecule has 2 aromatic carbocycles. The van der Waals surface area contributed by atoms with E-state index in [9.17, 15) is 4.79 Å². The molecule has 3 nitrogen and oxygen atoms in total. The Morgan fingerprint density at radius 1 is 0.923 bits per heavy atom. The summed E-state index contributed by atoms with van der Waals surface area (Å²) < 4.78 is 12.7. The molecule has 0 saturated heterocycles. The van der Waals surface area contributed by atoms with Gasteiger partial charge in [-0.15, -0.1) is 0 Å². The zero-order valence-electron chi connectivity index (χ0n) is 15.0. The van der Waals surface area contributed by atoms with Gasteiger partial charge in [0.2, 0.25) is 4.74 Å². The molecule has 0 saturated carbocycles. The third kappa shape index (κ3) is 5.16. The summed E-state index contributed by atoms with van der Waals surface area (Å²) in [5, 5.41) is 1.01. The molecule has 0 radical (unpaired) electrons. The predicted molar refractivity (Wildman–Crippen MR) is 108 cm³/mol. The molecule has 0 aliphatic carbocycles. The van der Waals surface area contributed by atoms with E-state index in [1.165, 1.54) is 16.9 Å². The first kappa shape index (κ1) is 18.6. The van der Waals surface area contributed by atoms with Gasteiger partial charge < -0.3 is 9.47 Å². The number of ether oxygens (including phenoxy) is 2. The number of unbranched alkanes of at least 4 members (excludes halogenated alkanes) is 2. The molecular weight excluding hydrogens is 344 g/mol. The van der Waals surface area contributed by atoms with Crippen LogP contribution in [0.4, 0.5) is 0 Å². The van der Waals surface area contributed by atoms with E-state index in [1.54, 1.807) is 6.07 Å². The monoisotopic (exact) mass is 368 g/mol. The van der Waals surface area contributed by atoms with Crippen LogP contribution in [-0.4, -0.2) is 13.2 Å². The molecule has 0 aliphatic heterocycles. The second kappa shape index (κ2) is 9.51. The second-order valence-corrected chi connectivity index (χ2v) is 7.30. The van der Waals surface area contributed by atoms with Crippen LogP contribution in [0.1, 0.15) is 37.9 Å². The van der Waals surface area contributed by atoms with E-state index in [0.29, 0.717) is 12.4 Å². The standard InChI is InChI=1S/C22H24O3S/c1-17(18-10-4-2-5-11-18)24-14-8-3-9-15-25-20-16-22(23)26-21-13-7-6-12-19(20)21/h2,4-7,10-13,16-17H,3,8-9,14-15H2,1H3. The lowest BCUT2D eigenvalue weighted by atomic mass is 10.1. The minimum atomic E-state index is 0.0296. The predicted octanol–water partition coefficient (Wildman–Crippen LogP) is 5.59. The molecule has 1 heterocycles. The molecule has 0 fully saturated rings. The smallest absolute Gasteiger partial charge is 0.236 e. The molecule has 0 spiro atoms. The van der Waals surface area contributed by atoms with Crippen LogP contribution in [0, 0.1) is 0 Å². The summed E-state index contributed by atoms with van der Waals surface area (Å²) >= 11 is 1.25. The third-order valence-corrected chi connectivity index (χ3v) is 5.19. The van der Waals surface area contributed by atoms with E-state index in [4.69, 9.17) is 9.47 Å². The minimum Gasteiger partial charge on any atom is -0.493 e. The van der Waals surface area contributed by atoms with E-state index in [1.807, 2.05) is 42.5 Å². The van der Waals surface area contributed by atoms with Gasteiger partial charge in [-0.25, -0.2) is 0 Å². The van der Waals surface area contributed by atoms with Gasteiger partial charge >= 0.3 is 0 Å². The number of hydrogen-bond donors (Lipinski definition) is 0. The Bertz CT molecular complexity index is 873. The van der Waals surface area contributed by atoms with Crippen molar-refractivity contribution in [2.45, 2.75) is 32.3 Å². The van der Waals surface area contributed by atoms with Crippen molar-refractivity contribution in [3.05, 3.63) is 75.8 Å². The zero-order valence-corrected chi connectivity index (χ0v) is 15.8. The lowest BCUT2D eigenvalue weighted by Crippen LogP contribution is -2.04. The number of fused-ring (bicyclic) bond motifs is 1. The van der Waals surface area contributed by atoms with Crippen LogP contribution in [-0.2, 0) is 4.74 Å². The van der Waals surface area contributed by atoms with Crippen LogP contribution < -0.4 is 9.48 Å². The number of rotatable bonds is 9. The lowest BCUT2D eigenvalue weighted by molar-refractivity contribution is 0.0623. The molecule has 26 heavy (non-hydrogen) atoms. The third-order valence-electron chi connectivity index (χ3n) is 4.30. The summed E-state index contributed by atoms with van der Waals surface area (Å²) in [7, 11) is 0. The normalized spacial score (nSPS) is 12.2. The van der Waals surface area contributed by atoms with Gasteiger partial charge in [0.25, 0.3) is 0 Å². The fraction of sp³-hybridized carbons (Fsp3) is 0.318. The fourth-order valence-corrected chi connectivity index (χ4v) is 3.65. The van der Waals surface area contributed by atoms with Crippen molar-refractivity contribution in [1.29, 1.82) is 0 Å². The van der Waals surface area contributed by atoms with E-state index < -0.39 is 0 Å². The summed E-state index contributed by atoms with van der Waals surface area (Å²) in [5.74, 6) is 0.693. The highest BCUT2D eigenvalue weighted by atomic mass is 32.1. The fourth-order valence-electron chi connectivity index (χ4n) is 2.84. The van der Waals surface area contributed by atoms with Crippen LogP contribution in [0.25, 0.3) is 10.1 Å². The maximum Gasteiger partial charge on any atom is 0.236 e. The highest BCUT2D eigenvalue weighted by molar-refractivity contribution is 7.16. The average Bonchev–Trinajstić information content (AvgIpc) is 2.67. The van der Waals surface area contributed by atoms with E-state index in [0.717, 1.165) is 36.0 Å². The van der Waals surface area contributed by atoms with Gasteiger partial charge in [0.15, 0.2) is 0 Å². The highest BCUT2D eigenvalue weighted by Gasteiger charge is 2.06. The van der Waals surface area contributed by atoms with Crippen LogP contribution in [0.2, 0.25) is 0 Å². The molecule has 1 unspecified atom stereocenters. The number of benzene rings is 2. The lowest BCUT2D eigenvalue weighted by Gasteiger charge is -2.13. The summed E-state index contributed by atoms with van der Waals surface area (Å²) in [6.45, 7) is 3.45. The van der Waals surface area contributed by atoms with Crippen molar-refractivity contribution in [1.82, 2.24) is 0 Å². The summed E-state index contributed by atoms with van der Waals surface area (Å²) in [5.41, 5.74) is 1.21. The number of hydrogen-bond acceptors (Lipinski definition) is 4. The van der Waals surface area contributed by atoms with E-state index in [2.05, 4.69) is 19.1 Å². The molecule has 1 aromatic heterocycles. The largest absolute Gasteiger partial charge is 0.493 e. The van der Waals surface area contributed by atoms with Crippen LogP contribution >= 0.6 is 11.3 Å². The SMILES string of the molecule is CC(OCCCCCOc1cc(=O)sc2ccccc12)c1ccccc1. The molecule has 0 bridgehead atoms. The first-order chi connectivity index (χ1) is 12.7. The second-order valence-electron chi connectivity index (χ2n) is 6.26. The topological polar surface area (TPSA) is 35.5 Å². The Kier molecular flexibility index (Phi) is 6.81.